The van der Waals surface area contributed by atoms with E-state index in [2.05, 4.69) is 25.6 Å². The smallest absolute Gasteiger partial charge is 0.244 e. The Morgan fingerprint density at radius 1 is 1.17 bits per heavy atom. The lowest BCUT2D eigenvalue weighted by Gasteiger charge is -2.19. The van der Waals surface area contributed by atoms with E-state index in [0.29, 0.717) is 12.2 Å². The molecule has 150 valence electrons. The first kappa shape index (κ1) is 20.9. The van der Waals surface area contributed by atoms with Crippen molar-refractivity contribution in [2.75, 3.05) is 10.6 Å². The standard InChI is InChI=1S/C20H21IN6O2/c1-11(2)7-15(19(22)29)26-20-17(18(21)28)24-10-16(27-20)25-13-8-12-5-3-4-6-14(12)23-9-13/h3-6,8-11,15H,7H2,1-2H3,(H2,22,29)(H2,25,26,27)/t15-/m1/s1. The number of halogens is 1. The van der Waals surface area contributed by atoms with Crippen LogP contribution in [0.5, 0.6) is 0 Å². The second-order valence-electron chi connectivity index (χ2n) is 7.00. The third kappa shape index (κ3) is 5.37. The lowest BCUT2D eigenvalue weighted by molar-refractivity contribution is -0.119. The van der Waals surface area contributed by atoms with Crippen molar-refractivity contribution in [2.24, 2.45) is 11.7 Å². The van der Waals surface area contributed by atoms with E-state index in [-0.39, 0.29) is 21.2 Å². The number of aromatic nitrogens is 3. The maximum Gasteiger partial charge on any atom is 0.244 e. The highest BCUT2D eigenvalue weighted by atomic mass is 127. The van der Waals surface area contributed by atoms with Crippen LogP contribution in [0.4, 0.5) is 17.3 Å². The first-order chi connectivity index (χ1) is 13.8. The number of rotatable bonds is 8. The zero-order valence-corrected chi connectivity index (χ0v) is 18.2. The summed E-state index contributed by atoms with van der Waals surface area (Å²) < 4.78 is -0.288. The molecule has 0 radical (unpaired) electrons. The highest BCUT2D eigenvalue weighted by molar-refractivity contribution is 14.1. The molecule has 0 spiro atoms. The second kappa shape index (κ2) is 9.12. The zero-order chi connectivity index (χ0) is 21.0. The summed E-state index contributed by atoms with van der Waals surface area (Å²) in [5, 5.41) is 7.11. The first-order valence-electron chi connectivity index (χ1n) is 9.08. The molecule has 2 aromatic heterocycles. The van der Waals surface area contributed by atoms with Gasteiger partial charge in [0.05, 0.1) is 23.6 Å². The molecule has 3 aromatic rings. The van der Waals surface area contributed by atoms with E-state index in [9.17, 15) is 9.59 Å². The van der Waals surface area contributed by atoms with Crippen molar-refractivity contribution in [3.63, 3.8) is 0 Å². The Kier molecular flexibility index (Phi) is 6.57. The summed E-state index contributed by atoms with van der Waals surface area (Å²) in [4.78, 5) is 36.8. The van der Waals surface area contributed by atoms with Crippen molar-refractivity contribution in [3.05, 3.63) is 48.4 Å². The zero-order valence-electron chi connectivity index (χ0n) is 16.0. The van der Waals surface area contributed by atoms with Gasteiger partial charge in [0.15, 0.2) is 17.3 Å². The van der Waals surface area contributed by atoms with Crippen LogP contribution in [0.3, 0.4) is 0 Å². The number of para-hydroxylation sites is 1. The molecule has 9 heteroatoms. The van der Waals surface area contributed by atoms with Crippen LogP contribution in [-0.2, 0) is 4.79 Å². The van der Waals surface area contributed by atoms with Crippen molar-refractivity contribution in [3.8, 4) is 0 Å². The van der Waals surface area contributed by atoms with Crippen molar-refractivity contribution in [1.29, 1.82) is 0 Å². The third-order valence-corrected chi connectivity index (χ3v) is 4.69. The number of nitrogens with zero attached hydrogens (tertiary/aromatic N) is 3. The lowest BCUT2D eigenvalue weighted by Crippen LogP contribution is -2.37. The molecular weight excluding hydrogens is 483 g/mol. The fourth-order valence-electron chi connectivity index (χ4n) is 2.86. The average Bonchev–Trinajstić information content (AvgIpc) is 2.67. The molecule has 29 heavy (non-hydrogen) atoms. The van der Waals surface area contributed by atoms with E-state index in [1.807, 2.05) is 44.2 Å². The summed E-state index contributed by atoms with van der Waals surface area (Å²) in [6.07, 6.45) is 3.67. The van der Waals surface area contributed by atoms with E-state index in [0.717, 1.165) is 16.6 Å². The number of benzene rings is 1. The van der Waals surface area contributed by atoms with Gasteiger partial charge in [0.25, 0.3) is 0 Å². The van der Waals surface area contributed by atoms with Crippen LogP contribution < -0.4 is 16.4 Å². The fraction of sp³-hybridized carbons (Fsp3) is 0.250. The monoisotopic (exact) mass is 504 g/mol. The van der Waals surface area contributed by atoms with Gasteiger partial charge in [-0.2, -0.15) is 0 Å². The van der Waals surface area contributed by atoms with Gasteiger partial charge < -0.3 is 16.4 Å². The van der Waals surface area contributed by atoms with E-state index >= 15 is 0 Å². The molecule has 0 unspecified atom stereocenters. The molecule has 1 amide bonds. The van der Waals surface area contributed by atoms with Crippen molar-refractivity contribution in [1.82, 2.24) is 15.0 Å². The summed E-state index contributed by atoms with van der Waals surface area (Å²) in [6.45, 7) is 3.97. The summed E-state index contributed by atoms with van der Waals surface area (Å²) >= 11 is 1.64. The predicted molar refractivity (Wildman–Crippen MR) is 121 cm³/mol. The molecule has 0 saturated heterocycles. The number of anilines is 3. The number of hydrogen-bond donors (Lipinski definition) is 3. The maximum atomic E-state index is 12.0. The van der Waals surface area contributed by atoms with Crippen LogP contribution >= 0.6 is 22.6 Å². The van der Waals surface area contributed by atoms with Crippen LogP contribution in [0.25, 0.3) is 10.9 Å². The molecule has 0 aliphatic carbocycles. The number of hydrogen-bond acceptors (Lipinski definition) is 7. The van der Waals surface area contributed by atoms with E-state index < -0.39 is 11.9 Å². The molecule has 2 heterocycles. The number of carbonyl (C=O) groups is 2. The molecular formula is C20H21IN6O2. The largest absolute Gasteiger partial charge is 0.368 e. The van der Waals surface area contributed by atoms with E-state index in [4.69, 9.17) is 5.73 Å². The van der Waals surface area contributed by atoms with Gasteiger partial charge in [0, 0.05) is 28.0 Å². The molecule has 0 aliphatic heterocycles. The van der Waals surface area contributed by atoms with Crippen molar-refractivity contribution in [2.45, 2.75) is 26.3 Å². The van der Waals surface area contributed by atoms with Crippen LogP contribution in [0.2, 0.25) is 0 Å². The second-order valence-corrected chi connectivity index (χ2v) is 7.98. The molecule has 0 aliphatic rings. The molecule has 1 atom stereocenters. The Morgan fingerprint density at radius 3 is 2.62 bits per heavy atom. The number of primary amides is 1. The molecule has 3 rings (SSSR count). The van der Waals surface area contributed by atoms with Gasteiger partial charge in [0.1, 0.15) is 6.04 Å². The summed E-state index contributed by atoms with van der Waals surface area (Å²) in [6, 6.07) is 9.05. The van der Waals surface area contributed by atoms with E-state index in [1.54, 1.807) is 28.8 Å². The highest BCUT2D eigenvalue weighted by Gasteiger charge is 2.21. The Labute approximate surface area is 181 Å². The molecule has 0 fully saturated rings. The Bertz CT molecular complexity index is 1060. The molecule has 1 aromatic carbocycles. The maximum absolute atomic E-state index is 12.0. The van der Waals surface area contributed by atoms with Gasteiger partial charge in [-0.1, -0.05) is 32.0 Å². The SMILES string of the molecule is CC(C)C[C@@H](Nc1nc(Nc2cnc3ccccc3c2)cnc1C(=O)I)C(N)=O. The minimum atomic E-state index is -0.656. The fourth-order valence-corrected chi connectivity index (χ4v) is 3.26. The third-order valence-electron chi connectivity index (χ3n) is 4.18. The van der Waals surface area contributed by atoms with Gasteiger partial charge in [-0.05, 0) is 24.5 Å². The van der Waals surface area contributed by atoms with Crippen molar-refractivity contribution < 1.29 is 9.59 Å². The Balaban J connectivity index is 1.90. The predicted octanol–water partition coefficient (Wildman–Crippen LogP) is 3.66. The minimum Gasteiger partial charge on any atom is -0.368 e. The molecule has 4 N–H and O–H groups in total. The van der Waals surface area contributed by atoms with Crippen molar-refractivity contribution >= 4 is 60.5 Å². The summed E-state index contributed by atoms with van der Waals surface area (Å²) in [5.41, 5.74) is 7.27. The van der Waals surface area contributed by atoms with Gasteiger partial charge in [0.2, 0.25) is 9.70 Å². The average molecular weight is 504 g/mol. The molecule has 8 nitrogen and oxygen atoms in total. The topological polar surface area (TPSA) is 123 Å². The number of nitrogens with two attached hydrogens (primary N) is 1. The highest BCUT2D eigenvalue weighted by Crippen LogP contribution is 2.23. The van der Waals surface area contributed by atoms with Gasteiger partial charge >= 0.3 is 0 Å². The van der Waals surface area contributed by atoms with Crippen LogP contribution in [0, 0.1) is 5.92 Å². The normalized spacial score (nSPS) is 12.0. The Morgan fingerprint density at radius 2 is 1.93 bits per heavy atom. The summed E-state index contributed by atoms with van der Waals surface area (Å²) in [5.74, 6) is 0.354. The number of carbonyl (C=O) groups excluding carboxylic acids is 2. The van der Waals surface area contributed by atoms with Crippen LogP contribution in [-0.4, -0.2) is 30.7 Å². The summed E-state index contributed by atoms with van der Waals surface area (Å²) in [7, 11) is 0. The first-order valence-corrected chi connectivity index (χ1v) is 10.2. The number of fused-ring (bicyclic) bond motifs is 1. The Hall–Kier alpha value is -2.82. The van der Waals surface area contributed by atoms with Gasteiger partial charge in [-0.15, -0.1) is 0 Å². The van der Waals surface area contributed by atoms with Gasteiger partial charge in [-0.3, -0.25) is 14.6 Å². The van der Waals surface area contributed by atoms with Crippen LogP contribution in [0.1, 0.15) is 30.8 Å². The minimum absolute atomic E-state index is 0.141. The molecule has 0 bridgehead atoms. The van der Waals surface area contributed by atoms with Gasteiger partial charge in [-0.25, -0.2) is 9.97 Å². The lowest BCUT2D eigenvalue weighted by atomic mass is 10.0. The van der Waals surface area contributed by atoms with Crippen LogP contribution in [0.15, 0.2) is 42.7 Å². The number of amides is 1. The quantitative estimate of drug-likeness (QED) is 0.316. The van der Waals surface area contributed by atoms with E-state index in [1.165, 1.54) is 6.20 Å². The number of nitrogens with one attached hydrogen (secondary N) is 2. The number of pyridine rings is 1. The molecule has 0 saturated carbocycles.